The lowest BCUT2D eigenvalue weighted by molar-refractivity contribution is -0.133. The van der Waals surface area contributed by atoms with E-state index in [2.05, 4.69) is 9.97 Å². The number of fused-ring (bicyclic) bond motifs is 8. The molecule has 0 atom stereocenters. The fourth-order valence-corrected chi connectivity index (χ4v) is 5.43. The van der Waals surface area contributed by atoms with Gasteiger partial charge in [0.2, 0.25) is 0 Å². The molecule has 4 aromatic rings. The van der Waals surface area contributed by atoms with E-state index < -0.39 is 24.0 Å². The molecule has 12 nitrogen and oxygen atoms in total. The normalized spacial score (nSPS) is 11.9. The highest BCUT2D eigenvalue weighted by Gasteiger charge is 2.35. The molecule has 230 valence electrons. The molecule has 0 saturated heterocycles. The number of nitrogens with zero attached hydrogens (tertiary/aromatic N) is 3. The van der Waals surface area contributed by atoms with Crippen LogP contribution in [-0.4, -0.2) is 72.0 Å². The third kappa shape index (κ3) is 5.11. The molecule has 1 N–H and O–H groups in total. The van der Waals surface area contributed by atoms with Crippen molar-refractivity contribution in [2.45, 2.75) is 0 Å². The summed E-state index contributed by atoms with van der Waals surface area (Å²) < 4.78 is 21.7. The Bertz CT molecular complexity index is 2170. The number of ether oxygens (including phenoxy) is 4. The van der Waals surface area contributed by atoms with Crippen LogP contribution >= 0.6 is 0 Å². The van der Waals surface area contributed by atoms with Gasteiger partial charge in [-0.2, -0.15) is 0 Å². The lowest BCUT2D eigenvalue weighted by Crippen LogP contribution is -2.17. The quantitative estimate of drug-likeness (QED) is 0.201. The molecular formula is C34H26N4O8. The van der Waals surface area contributed by atoms with Crippen LogP contribution in [-0.2, 0) is 23.7 Å². The summed E-state index contributed by atoms with van der Waals surface area (Å²) >= 11 is 0. The first-order valence-corrected chi connectivity index (χ1v) is 13.9. The molecular weight excluding hydrogens is 592 g/mol. The van der Waals surface area contributed by atoms with E-state index in [1.807, 2.05) is 18.2 Å². The number of hydrogen-bond donors (Lipinski definition) is 1. The second kappa shape index (κ2) is 12.0. The molecule has 1 aromatic carbocycles. The van der Waals surface area contributed by atoms with Crippen LogP contribution in [0.4, 0.5) is 4.79 Å². The summed E-state index contributed by atoms with van der Waals surface area (Å²) in [5.74, 6) is -2.70. The Morgan fingerprint density at radius 3 is 1.91 bits per heavy atom. The van der Waals surface area contributed by atoms with Crippen molar-refractivity contribution in [2.24, 2.45) is 0 Å². The molecule has 0 aliphatic carbocycles. The molecule has 0 amide bonds. The minimum atomic E-state index is -1.000. The van der Waals surface area contributed by atoms with E-state index in [1.54, 1.807) is 54.6 Å². The largest absolute Gasteiger partial charge is 0.465 e. The fourth-order valence-electron chi connectivity index (χ4n) is 5.43. The molecule has 12 heteroatoms. The second-order valence-electron chi connectivity index (χ2n) is 10.0. The van der Waals surface area contributed by atoms with Crippen LogP contribution in [0.1, 0.15) is 43.5 Å². The smallest absolute Gasteiger partial charge is 0.418 e. The minimum Gasteiger partial charge on any atom is -0.465 e. The molecule has 46 heavy (non-hydrogen) atoms. The molecule has 0 saturated carbocycles. The van der Waals surface area contributed by atoms with Crippen molar-refractivity contribution in [1.29, 1.82) is 0 Å². The number of carbonyl (C=O) groups excluding carboxylic acids is 4. The maximum atomic E-state index is 13.8. The minimum absolute atomic E-state index is 0.112. The van der Waals surface area contributed by atoms with Crippen molar-refractivity contribution in [2.75, 3.05) is 28.4 Å². The molecule has 3 aromatic heterocycles. The molecule has 0 radical (unpaired) electrons. The summed E-state index contributed by atoms with van der Waals surface area (Å²) in [7, 11) is 4.64. The zero-order chi connectivity index (χ0) is 32.5. The molecule has 6 rings (SSSR count). The van der Waals surface area contributed by atoms with Crippen LogP contribution in [0.3, 0.4) is 0 Å². The van der Waals surface area contributed by atoms with E-state index in [-0.39, 0.29) is 44.7 Å². The predicted octanol–water partition coefficient (Wildman–Crippen LogP) is 5.53. The number of hydrogen-bond acceptors (Lipinski definition) is 10. The van der Waals surface area contributed by atoms with Gasteiger partial charge in [-0.05, 0) is 54.1 Å². The van der Waals surface area contributed by atoms with E-state index in [4.69, 9.17) is 23.9 Å². The Morgan fingerprint density at radius 2 is 1.28 bits per heavy atom. The zero-order valence-corrected chi connectivity index (χ0v) is 25.1. The van der Waals surface area contributed by atoms with Gasteiger partial charge in [0, 0.05) is 16.6 Å². The lowest BCUT2D eigenvalue weighted by atomic mass is 9.99. The Hall–Kier alpha value is -6.30. The topological polar surface area (TPSA) is 152 Å². The molecule has 0 fully saturated rings. The van der Waals surface area contributed by atoms with Gasteiger partial charge >= 0.3 is 24.0 Å². The van der Waals surface area contributed by atoms with Gasteiger partial charge < -0.3 is 23.9 Å². The van der Waals surface area contributed by atoms with E-state index >= 15 is 0 Å². The summed E-state index contributed by atoms with van der Waals surface area (Å²) in [5, 5.41) is 0. The van der Waals surface area contributed by atoms with Gasteiger partial charge in [-0.1, -0.05) is 30.3 Å². The number of carbonyl (C=O) groups is 4. The van der Waals surface area contributed by atoms with Gasteiger partial charge in [0.25, 0.3) is 0 Å². The highest BCUT2D eigenvalue weighted by atomic mass is 16.5. The average Bonchev–Trinajstić information content (AvgIpc) is 3.87. The van der Waals surface area contributed by atoms with E-state index in [0.29, 0.717) is 22.5 Å². The first kappa shape index (κ1) is 29.8. The zero-order valence-electron chi connectivity index (χ0n) is 25.1. The predicted molar refractivity (Wildman–Crippen MR) is 169 cm³/mol. The van der Waals surface area contributed by atoms with Gasteiger partial charge in [-0.25, -0.2) is 33.7 Å². The van der Waals surface area contributed by atoms with Crippen molar-refractivity contribution in [1.82, 2.24) is 19.5 Å². The van der Waals surface area contributed by atoms with Crippen molar-refractivity contribution in [3.63, 3.8) is 0 Å². The first-order chi connectivity index (χ1) is 22.3. The van der Waals surface area contributed by atoms with Crippen LogP contribution in [0.25, 0.3) is 57.0 Å². The average molecular weight is 619 g/mol. The highest BCUT2D eigenvalue weighted by Crippen LogP contribution is 2.39. The molecule has 0 spiro atoms. The van der Waals surface area contributed by atoms with Gasteiger partial charge in [0.15, 0.2) is 0 Å². The molecule has 8 bridgehead atoms. The van der Waals surface area contributed by atoms with Crippen molar-refractivity contribution in [3.05, 3.63) is 94.6 Å². The van der Waals surface area contributed by atoms with Gasteiger partial charge in [-0.3, -0.25) is 0 Å². The molecule has 2 aliphatic heterocycles. The number of rotatable bonds is 4. The first-order valence-electron chi connectivity index (χ1n) is 13.9. The summed E-state index contributed by atoms with van der Waals surface area (Å²) in [6, 6.07) is 17.5. The Balaban J connectivity index is 1.99. The number of aromatic amines is 1. The van der Waals surface area contributed by atoms with E-state index in [9.17, 15) is 19.2 Å². The number of esters is 3. The van der Waals surface area contributed by atoms with Crippen molar-refractivity contribution in [3.8, 4) is 11.1 Å². The standard InChI is InChI=1S/C34H26N4O8/c1-43-31(39)24-16-23-15-21-11-10-19(35-21)14-20-12-13-22(36-20)17-25-26(18-8-6-5-7-9-18)27(32(40)44-2)30(38(25)34(42)46-4)28(29(24)37-23)33(41)45-3/h5-17,35H,1-4H3. The van der Waals surface area contributed by atoms with Crippen LogP contribution in [0, 0.1) is 0 Å². The Kier molecular flexibility index (Phi) is 7.76. The monoisotopic (exact) mass is 618 g/mol. The third-order valence-electron chi connectivity index (χ3n) is 7.38. The third-order valence-corrected chi connectivity index (χ3v) is 7.38. The Morgan fingerprint density at radius 1 is 0.674 bits per heavy atom. The van der Waals surface area contributed by atoms with Crippen molar-refractivity contribution >= 4 is 69.9 Å². The number of aromatic nitrogens is 4. The van der Waals surface area contributed by atoms with Crippen LogP contribution in [0.15, 0.2) is 60.7 Å². The highest BCUT2D eigenvalue weighted by molar-refractivity contribution is 6.26. The van der Waals surface area contributed by atoms with E-state index in [0.717, 1.165) is 24.3 Å². The summed E-state index contributed by atoms with van der Waals surface area (Å²) in [6.45, 7) is 0. The summed E-state index contributed by atoms with van der Waals surface area (Å²) in [4.78, 5) is 67.2. The molecule has 0 unspecified atom stereocenters. The fraction of sp³-hybridized carbons (Fsp3) is 0.118. The van der Waals surface area contributed by atoms with Gasteiger partial charge in [0.05, 0.1) is 73.4 Å². The number of nitrogens with one attached hydrogen (secondary N) is 1. The molecule has 5 heterocycles. The van der Waals surface area contributed by atoms with Gasteiger partial charge in [-0.15, -0.1) is 0 Å². The second-order valence-corrected chi connectivity index (χ2v) is 10.0. The lowest BCUT2D eigenvalue weighted by Gasteiger charge is -2.10. The number of methoxy groups -OCH3 is 4. The Labute approximate surface area is 261 Å². The maximum Gasteiger partial charge on any atom is 0.418 e. The number of H-pyrrole nitrogens is 1. The summed E-state index contributed by atoms with van der Waals surface area (Å²) in [6.07, 6.45) is 4.02. The SMILES string of the molecule is COC(=O)C1=Cc2cc3ccc(cc4nc(cc5c(-c6ccccc6)c(C(=O)OC)c(c(C(=O)OC)c1n2)n5C(=O)OC)C=C4)[nH]3. The number of benzene rings is 1. The van der Waals surface area contributed by atoms with Crippen LogP contribution in [0.2, 0.25) is 0 Å². The van der Waals surface area contributed by atoms with Gasteiger partial charge in [0.1, 0.15) is 5.56 Å². The molecule has 2 aliphatic rings. The van der Waals surface area contributed by atoms with Crippen LogP contribution in [0.5, 0.6) is 0 Å². The van der Waals surface area contributed by atoms with Crippen LogP contribution < -0.4 is 0 Å². The summed E-state index contributed by atoms with van der Waals surface area (Å²) in [5.41, 5.74) is 2.46. The van der Waals surface area contributed by atoms with Crippen molar-refractivity contribution < 1.29 is 38.1 Å². The maximum absolute atomic E-state index is 13.8. The van der Waals surface area contributed by atoms with E-state index in [1.165, 1.54) is 20.3 Å².